The van der Waals surface area contributed by atoms with E-state index in [2.05, 4.69) is 62.2 Å². The number of anilines is 1. The van der Waals surface area contributed by atoms with Crippen molar-refractivity contribution in [2.45, 2.75) is 59.2 Å². The molecule has 0 saturated carbocycles. The Morgan fingerprint density at radius 1 is 1.26 bits per heavy atom. The number of benzene rings is 1. The van der Waals surface area contributed by atoms with Crippen LogP contribution < -0.4 is 10.2 Å². The maximum Gasteiger partial charge on any atom is 0.0414 e. The molecular weight excluding hydrogens is 232 g/mol. The monoisotopic (exact) mass is 260 g/mol. The lowest BCUT2D eigenvalue weighted by Gasteiger charge is -2.34. The Labute approximate surface area is 118 Å². The van der Waals surface area contributed by atoms with Gasteiger partial charge in [0.05, 0.1) is 0 Å². The molecule has 0 saturated heterocycles. The normalized spacial score (nSPS) is 21.1. The topological polar surface area (TPSA) is 15.3 Å². The number of nitrogens with one attached hydrogen (secondary N) is 1. The first kappa shape index (κ1) is 14.4. The Kier molecular flexibility index (Phi) is 4.87. The van der Waals surface area contributed by atoms with Crippen molar-refractivity contribution in [2.75, 3.05) is 11.4 Å². The zero-order valence-corrected chi connectivity index (χ0v) is 12.8. The minimum absolute atomic E-state index is 0.576. The van der Waals surface area contributed by atoms with Gasteiger partial charge in [0.25, 0.3) is 0 Å². The molecule has 2 rings (SSSR count). The molecule has 19 heavy (non-hydrogen) atoms. The predicted molar refractivity (Wildman–Crippen MR) is 83.6 cm³/mol. The molecule has 2 nitrogen and oxygen atoms in total. The smallest absolute Gasteiger partial charge is 0.0414 e. The van der Waals surface area contributed by atoms with Gasteiger partial charge in [-0.15, -0.1) is 0 Å². The van der Waals surface area contributed by atoms with E-state index in [1.54, 1.807) is 0 Å². The van der Waals surface area contributed by atoms with Crippen LogP contribution in [0.4, 0.5) is 5.69 Å². The summed E-state index contributed by atoms with van der Waals surface area (Å²) >= 11 is 0. The standard InChI is InChI=1S/C17H28N2/c1-5-8-14(4)19-12-16(13(2)3)18-11-15-9-6-7-10-17(15)19/h6-7,9-10,13-14,16,18H,5,8,11-12H2,1-4H3. The van der Waals surface area contributed by atoms with Crippen LogP contribution in [-0.4, -0.2) is 18.6 Å². The predicted octanol–water partition coefficient (Wildman–Crippen LogP) is 3.81. The van der Waals surface area contributed by atoms with Gasteiger partial charge in [-0.3, -0.25) is 0 Å². The third kappa shape index (κ3) is 3.30. The van der Waals surface area contributed by atoms with Crippen LogP contribution in [0.3, 0.4) is 0 Å². The fourth-order valence-electron chi connectivity index (χ4n) is 2.99. The first-order valence-electron chi connectivity index (χ1n) is 7.71. The van der Waals surface area contributed by atoms with Crippen molar-refractivity contribution in [3.05, 3.63) is 29.8 Å². The lowest BCUT2D eigenvalue weighted by molar-refractivity contribution is 0.393. The molecule has 1 aromatic carbocycles. The molecule has 106 valence electrons. The van der Waals surface area contributed by atoms with E-state index in [0.717, 1.165) is 13.1 Å². The number of para-hydroxylation sites is 1. The summed E-state index contributed by atoms with van der Waals surface area (Å²) < 4.78 is 0. The summed E-state index contributed by atoms with van der Waals surface area (Å²) in [4.78, 5) is 2.61. The van der Waals surface area contributed by atoms with Crippen molar-refractivity contribution >= 4 is 5.69 Å². The molecule has 1 N–H and O–H groups in total. The molecule has 0 aliphatic carbocycles. The molecule has 0 bridgehead atoms. The average Bonchev–Trinajstić information content (AvgIpc) is 2.58. The zero-order chi connectivity index (χ0) is 13.8. The molecule has 1 heterocycles. The lowest BCUT2D eigenvalue weighted by atomic mass is 10.0. The molecule has 0 amide bonds. The van der Waals surface area contributed by atoms with Gasteiger partial charge in [0.2, 0.25) is 0 Å². The van der Waals surface area contributed by atoms with Gasteiger partial charge in [0.15, 0.2) is 0 Å². The zero-order valence-electron chi connectivity index (χ0n) is 12.8. The van der Waals surface area contributed by atoms with E-state index in [1.165, 1.54) is 24.1 Å². The van der Waals surface area contributed by atoms with Crippen LogP contribution in [0.25, 0.3) is 0 Å². The molecule has 1 aliphatic heterocycles. The summed E-state index contributed by atoms with van der Waals surface area (Å²) in [5, 5.41) is 3.72. The van der Waals surface area contributed by atoms with Gasteiger partial charge in [0, 0.05) is 30.9 Å². The molecule has 2 unspecified atom stereocenters. The maximum atomic E-state index is 3.72. The molecule has 0 spiro atoms. The van der Waals surface area contributed by atoms with Crippen molar-refractivity contribution in [3.8, 4) is 0 Å². The summed E-state index contributed by atoms with van der Waals surface area (Å²) in [7, 11) is 0. The third-order valence-electron chi connectivity index (χ3n) is 4.29. The van der Waals surface area contributed by atoms with Crippen molar-refractivity contribution < 1.29 is 0 Å². The van der Waals surface area contributed by atoms with E-state index in [9.17, 15) is 0 Å². The van der Waals surface area contributed by atoms with Gasteiger partial charge >= 0.3 is 0 Å². The Morgan fingerprint density at radius 3 is 2.68 bits per heavy atom. The molecular formula is C17H28N2. The quantitative estimate of drug-likeness (QED) is 0.885. The number of hydrogen-bond acceptors (Lipinski definition) is 2. The van der Waals surface area contributed by atoms with E-state index in [4.69, 9.17) is 0 Å². The van der Waals surface area contributed by atoms with E-state index in [0.29, 0.717) is 18.0 Å². The number of nitrogens with zero attached hydrogens (tertiary/aromatic N) is 1. The number of rotatable bonds is 4. The Hall–Kier alpha value is -1.02. The first-order valence-corrected chi connectivity index (χ1v) is 7.71. The van der Waals surface area contributed by atoms with Gasteiger partial charge in [-0.2, -0.15) is 0 Å². The Balaban J connectivity index is 2.29. The second-order valence-corrected chi connectivity index (χ2v) is 6.15. The van der Waals surface area contributed by atoms with E-state index in [-0.39, 0.29) is 0 Å². The molecule has 0 radical (unpaired) electrons. The highest BCUT2D eigenvalue weighted by molar-refractivity contribution is 5.55. The van der Waals surface area contributed by atoms with Crippen LogP contribution in [0.5, 0.6) is 0 Å². The van der Waals surface area contributed by atoms with Gasteiger partial charge < -0.3 is 10.2 Å². The van der Waals surface area contributed by atoms with Crippen LogP contribution in [0.15, 0.2) is 24.3 Å². The first-order chi connectivity index (χ1) is 9.13. The van der Waals surface area contributed by atoms with Crippen LogP contribution in [0, 0.1) is 5.92 Å². The lowest BCUT2D eigenvalue weighted by Crippen LogP contribution is -2.45. The molecule has 0 fully saturated rings. The average molecular weight is 260 g/mol. The molecule has 1 aliphatic rings. The highest BCUT2D eigenvalue weighted by Gasteiger charge is 2.25. The van der Waals surface area contributed by atoms with Gasteiger partial charge in [-0.05, 0) is 30.9 Å². The van der Waals surface area contributed by atoms with Crippen LogP contribution in [0.1, 0.15) is 46.1 Å². The Bertz CT molecular complexity index is 400. The number of fused-ring (bicyclic) bond motifs is 1. The molecule has 2 atom stereocenters. The van der Waals surface area contributed by atoms with Gasteiger partial charge in [0.1, 0.15) is 0 Å². The van der Waals surface area contributed by atoms with Crippen LogP contribution >= 0.6 is 0 Å². The van der Waals surface area contributed by atoms with Crippen molar-refractivity contribution in [1.82, 2.24) is 5.32 Å². The van der Waals surface area contributed by atoms with Gasteiger partial charge in [-0.25, -0.2) is 0 Å². The second kappa shape index (κ2) is 6.42. The Morgan fingerprint density at radius 2 is 2.00 bits per heavy atom. The SMILES string of the molecule is CCCC(C)N1CC(C(C)C)NCc2ccccc21. The highest BCUT2D eigenvalue weighted by Crippen LogP contribution is 2.27. The molecule has 2 heteroatoms. The molecule has 1 aromatic rings. The van der Waals surface area contributed by atoms with E-state index < -0.39 is 0 Å². The molecule has 0 aromatic heterocycles. The van der Waals surface area contributed by atoms with E-state index >= 15 is 0 Å². The highest BCUT2D eigenvalue weighted by atomic mass is 15.2. The number of hydrogen-bond donors (Lipinski definition) is 1. The summed E-state index contributed by atoms with van der Waals surface area (Å²) in [6.45, 7) is 11.4. The van der Waals surface area contributed by atoms with Crippen molar-refractivity contribution in [2.24, 2.45) is 5.92 Å². The summed E-state index contributed by atoms with van der Waals surface area (Å²) in [5.41, 5.74) is 2.87. The largest absolute Gasteiger partial charge is 0.367 e. The van der Waals surface area contributed by atoms with Crippen LogP contribution in [0.2, 0.25) is 0 Å². The maximum absolute atomic E-state index is 3.72. The summed E-state index contributed by atoms with van der Waals surface area (Å²) in [5.74, 6) is 0.672. The fourth-order valence-corrected chi connectivity index (χ4v) is 2.99. The van der Waals surface area contributed by atoms with Crippen LogP contribution in [-0.2, 0) is 6.54 Å². The summed E-state index contributed by atoms with van der Waals surface area (Å²) in [6.07, 6.45) is 2.51. The van der Waals surface area contributed by atoms with Crippen molar-refractivity contribution in [3.63, 3.8) is 0 Å². The third-order valence-corrected chi connectivity index (χ3v) is 4.29. The summed E-state index contributed by atoms with van der Waals surface area (Å²) in [6, 6.07) is 10.1. The minimum Gasteiger partial charge on any atom is -0.367 e. The second-order valence-electron chi connectivity index (χ2n) is 6.15. The van der Waals surface area contributed by atoms with E-state index in [1.807, 2.05) is 0 Å². The van der Waals surface area contributed by atoms with Crippen molar-refractivity contribution in [1.29, 1.82) is 0 Å². The van der Waals surface area contributed by atoms with Gasteiger partial charge in [-0.1, -0.05) is 45.4 Å². The fraction of sp³-hybridized carbons (Fsp3) is 0.647. The minimum atomic E-state index is 0.576.